The van der Waals surface area contributed by atoms with Crippen molar-refractivity contribution in [3.63, 3.8) is 0 Å². The summed E-state index contributed by atoms with van der Waals surface area (Å²) < 4.78 is 2.98. The summed E-state index contributed by atoms with van der Waals surface area (Å²) in [4.78, 5) is 3.95. The van der Waals surface area contributed by atoms with Gasteiger partial charge >= 0.3 is 0 Å². The predicted octanol–water partition coefficient (Wildman–Crippen LogP) is 2.82. The Kier molecular flexibility index (Phi) is 5.10. The molecule has 0 fully saturated rings. The fourth-order valence-corrected chi connectivity index (χ4v) is 2.40. The van der Waals surface area contributed by atoms with E-state index < -0.39 is 0 Å². The van der Waals surface area contributed by atoms with Gasteiger partial charge in [-0.15, -0.1) is 0 Å². The highest BCUT2D eigenvalue weighted by atomic mass is 79.9. The lowest BCUT2D eigenvalue weighted by Gasteiger charge is -2.18. The minimum Gasteiger partial charge on any atom is -0.312 e. The molecule has 0 bridgehead atoms. The molecule has 2 aromatic rings. The summed E-state index contributed by atoms with van der Waals surface area (Å²) in [6.07, 6.45) is 3.31. The van der Waals surface area contributed by atoms with Crippen molar-refractivity contribution in [1.29, 1.82) is 0 Å². The first-order valence-corrected chi connectivity index (χ1v) is 7.25. The van der Waals surface area contributed by atoms with Gasteiger partial charge in [0.1, 0.15) is 12.7 Å². The molecule has 102 valence electrons. The lowest BCUT2D eigenvalue weighted by Crippen LogP contribution is -2.33. The quantitative estimate of drug-likeness (QED) is 0.889. The molecular weight excluding hydrogens is 304 g/mol. The maximum absolute atomic E-state index is 4.11. The van der Waals surface area contributed by atoms with Gasteiger partial charge in [-0.05, 0) is 30.5 Å². The van der Waals surface area contributed by atoms with Gasteiger partial charge in [0, 0.05) is 17.1 Å². The number of halogens is 1. The van der Waals surface area contributed by atoms with Crippen LogP contribution in [0.5, 0.6) is 0 Å². The van der Waals surface area contributed by atoms with E-state index in [2.05, 4.69) is 69.4 Å². The number of benzene rings is 1. The van der Waals surface area contributed by atoms with Crippen LogP contribution in [0.25, 0.3) is 0 Å². The molecule has 0 aliphatic carbocycles. The molecule has 1 aromatic carbocycles. The topological polar surface area (TPSA) is 42.7 Å². The molecule has 0 unspecified atom stereocenters. The van der Waals surface area contributed by atoms with Crippen LogP contribution in [-0.2, 0) is 6.54 Å². The lowest BCUT2D eigenvalue weighted by atomic mass is 10.0. The minimum absolute atomic E-state index is 0.372. The summed E-state index contributed by atoms with van der Waals surface area (Å²) in [6, 6.07) is 8.84. The van der Waals surface area contributed by atoms with E-state index in [1.54, 1.807) is 12.7 Å². The van der Waals surface area contributed by atoms with Gasteiger partial charge < -0.3 is 5.32 Å². The van der Waals surface area contributed by atoms with Crippen molar-refractivity contribution < 1.29 is 0 Å². The fraction of sp³-hybridized carbons (Fsp3) is 0.429. The number of nitrogens with zero attached hydrogens (tertiary/aromatic N) is 3. The minimum atomic E-state index is 0.372. The van der Waals surface area contributed by atoms with Gasteiger partial charge in [0.25, 0.3) is 0 Å². The molecule has 19 heavy (non-hydrogen) atoms. The molecule has 4 nitrogen and oxygen atoms in total. The first-order valence-electron chi connectivity index (χ1n) is 6.46. The maximum atomic E-state index is 4.11. The Labute approximate surface area is 122 Å². The summed E-state index contributed by atoms with van der Waals surface area (Å²) in [5.74, 6) is 0.482. The van der Waals surface area contributed by atoms with Crippen molar-refractivity contribution in [2.45, 2.75) is 32.4 Å². The molecule has 0 aliphatic rings. The number of hydrogen-bond donors (Lipinski definition) is 1. The first kappa shape index (κ1) is 14.2. The highest BCUT2D eigenvalue weighted by Gasteiger charge is 2.08. The van der Waals surface area contributed by atoms with Crippen LogP contribution in [0, 0.1) is 0 Å². The number of hydrogen-bond acceptors (Lipinski definition) is 3. The number of aromatic nitrogens is 3. The van der Waals surface area contributed by atoms with E-state index in [9.17, 15) is 0 Å². The second-order valence-corrected chi connectivity index (χ2v) is 5.80. The molecular formula is C14H19BrN4. The highest BCUT2D eigenvalue weighted by Crippen LogP contribution is 2.19. The average molecular weight is 323 g/mol. The Morgan fingerprint density at radius 3 is 2.89 bits per heavy atom. The Bertz CT molecular complexity index is 498. The first-order chi connectivity index (χ1) is 9.15. The van der Waals surface area contributed by atoms with Gasteiger partial charge in [0.15, 0.2) is 0 Å². The Morgan fingerprint density at radius 1 is 1.37 bits per heavy atom. The van der Waals surface area contributed by atoms with E-state index >= 15 is 0 Å². The molecule has 0 amide bonds. The van der Waals surface area contributed by atoms with Crippen molar-refractivity contribution in [3.05, 3.63) is 47.0 Å². The summed E-state index contributed by atoms with van der Waals surface area (Å²) in [7, 11) is 0. The standard InChI is InChI=1S/C14H19BrN4/c1-11(13-4-3-5-14(15)6-13)7-17-12(2)8-19-10-16-9-18-19/h3-6,9-12,17H,7-8H2,1-2H3/t11-,12-/m0/s1. The maximum Gasteiger partial charge on any atom is 0.137 e. The van der Waals surface area contributed by atoms with Crippen molar-refractivity contribution in [2.75, 3.05) is 6.54 Å². The van der Waals surface area contributed by atoms with Crippen LogP contribution in [0.3, 0.4) is 0 Å². The van der Waals surface area contributed by atoms with E-state index in [-0.39, 0.29) is 0 Å². The summed E-state index contributed by atoms with van der Waals surface area (Å²) in [5.41, 5.74) is 1.34. The van der Waals surface area contributed by atoms with Crippen LogP contribution >= 0.6 is 15.9 Å². The van der Waals surface area contributed by atoms with Crippen molar-refractivity contribution in [3.8, 4) is 0 Å². The van der Waals surface area contributed by atoms with E-state index in [0.29, 0.717) is 12.0 Å². The van der Waals surface area contributed by atoms with Gasteiger partial charge in [0.05, 0.1) is 6.54 Å². The smallest absolute Gasteiger partial charge is 0.137 e. The van der Waals surface area contributed by atoms with Crippen molar-refractivity contribution >= 4 is 15.9 Å². The van der Waals surface area contributed by atoms with Crippen molar-refractivity contribution in [2.24, 2.45) is 0 Å². The molecule has 1 heterocycles. The third-order valence-corrected chi connectivity index (χ3v) is 3.61. The summed E-state index contributed by atoms with van der Waals surface area (Å²) >= 11 is 3.51. The predicted molar refractivity (Wildman–Crippen MR) is 80.0 cm³/mol. The zero-order valence-electron chi connectivity index (χ0n) is 11.3. The normalized spacial score (nSPS) is 14.3. The van der Waals surface area contributed by atoms with Crippen LogP contribution in [0.1, 0.15) is 25.3 Å². The van der Waals surface area contributed by atoms with Gasteiger partial charge in [-0.1, -0.05) is 35.0 Å². The fourth-order valence-electron chi connectivity index (χ4n) is 1.98. The Morgan fingerprint density at radius 2 is 2.21 bits per heavy atom. The third-order valence-electron chi connectivity index (χ3n) is 3.12. The third kappa shape index (κ3) is 4.44. The second-order valence-electron chi connectivity index (χ2n) is 4.88. The molecule has 2 rings (SSSR count). The lowest BCUT2D eigenvalue weighted by molar-refractivity contribution is 0.439. The summed E-state index contributed by atoms with van der Waals surface area (Å²) in [6.45, 7) is 6.18. The van der Waals surface area contributed by atoms with Crippen LogP contribution in [0.4, 0.5) is 0 Å². The zero-order valence-corrected chi connectivity index (χ0v) is 12.8. The van der Waals surface area contributed by atoms with Crippen LogP contribution in [0.15, 0.2) is 41.4 Å². The Balaban J connectivity index is 1.81. The summed E-state index contributed by atoms with van der Waals surface area (Å²) in [5, 5.41) is 7.65. The largest absolute Gasteiger partial charge is 0.312 e. The SMILES string of the molecule is C[C@@H](Cn1cncn1)NC[C@H](C)c1cccc(Br)c1. The number of rotatable bonds is 6. The molecule has 0 aliphatic heterocycles. The van der Waals surface area contributed by atoms with E-state index in [4.69, 9.17) is 0 Å². The monoisotopic (exact) mass is 322 g/mol. The second kappa shape index (κ2) is 6.82. The molecule has 0 spiro atoms. The average Bonchev–Trinajstić information content (AvgIpc) is 2.88. The van der Waals surface area contributed by atoms with Gasteiger partial charge in [-0.3, -0.25) is 4.68 Å². The van der Waals surface area contributed by atoms with E-state index in [0.717, 1.165) is 17.6 Å². The van der Waals surface area contributed by atoms with Crippen LogP contribution in [-0.4, -0.2) is 27.4 Å². The molecule has 1 aromatic heterocycles. The van der Waals surface area contributed by atoms with E-state index in [1.165, 1.54) is 5.56 Å². The van der Waals surface area contributed by atoms with Gasteiger partial charge in [-0.2, -0.15) is 5.10 Å². The molecule has 1 N–H and O–H groups in total. The van der Waals surface area contributed by atoms with Gasteiger partial charge in [0.2, 0.25) is 0 Å². The van der Waals surface area contributed by atoms with E-state index in [1.807, 2.05) is 4.68 Å². The molecule has 0 radical (unpaired) electrons. The molecule has 5 heteroatoms. The number of nitrogens with one attached hydrogen (secondary N) is 1. The zero-order chi connectivity index (χ0) is 13.7. The van der Waals surface area contributed by atoms with Crippen LogP contribution < -0.4 is 5.32 Å². The van der Waals surface area contributed by atoms with Gasteiger partial charge in [-0.25, -0.2) is 4.98 Å². The van der Waals surface area contributed by atoms with Crippen molar-refractivity contribution in [1.82, 2.24) is 20.1 Å². The van der Waals surface area contributed by atoms with Crippen LogP contribution in [0.2, 0.25) is 0 Å². The molecule has 2 atom stereocenters. The molecule has 0 saturated carbocycles. The molecule has 0 saturated heterocycles. The highest BCUT2D eigenvalue weighted by molar-refractivity contribution is 9.10. The Hall–Kier alpha value is -1.20.